The second-order valence-corrected chi connectivity index (χ2v) is 6.98. The lowest BCUT2D eigenvalue weighted by atomic mass is 9.79. The molecule has 1 aromatic carbocycles. The van der Waals surface area contributed by atoms with Crippen LogP contribution in [-0.4, -0.2) is 47.9 Å². The van der Waals surface area contributed by atoms with Crippen molar-refractivity contribution in [3.05, 3.63) is 27.7 Å². The number of aliphatic hydroxyl groups excluding tert-OH is 1. The molecule has 0 bridgehead atoms. The highest BCUT2D eigenvalue weighted by Gasteiger charge is 2.36. The van der Waals surface area contributed by atoms with Crippen LogP contribution < -0.4 is 5.32 Å². The van der Waals surface area contributed by atoms with Crippen LogP contribution in [0.4, 0.5) is 0 Å². The maximum atomic E-state index is 9.79. The van der Waals surface area contributed by atoms with Crippen molar-refractivity contribution < 1.29 is 10.2 Å². The Bertz CT molecular complexity index is 483. The number of hydrogen-bond donors (Lipinski definition) is 3. The molecular formula is C15H23Cl3N2O2. The number of halogens is 3. The van der Waals surface area contributed by atoms with E-state index in [9.17, 15) is 10.2 Å². The van der Waals surface area contributed by atoms with Crippen LogP contribution in [0.25, 0.3) is 0 Å². The van der Waals surface area contributed by atoms with Gasteiger partial charge in [-0.05, 0) is 17.7 Å². The average molecular weight is 370 g/mol. The highest BCUT2D eigenvalue weighted by Crippen LogP contribution is 2.42. The Kier molecular flexibility index (Phi) is 7.24. The molecule has 3 N–H and O–H groups in total. The van der Waals surface area contributed by atoms with Gasteiger partial charge in [0.05, 0.1) is 10.0 Å². The lowest BCUT2D eigenvalue weighted by Gasteiger charge is -2.43. The van der Waals surface area contributed by atoms with E-state index in [0.29, 0.717) is 0 Å². The van der Waals surface area contributed by atoms with Gasteiger partial charge < -0.3 is 15.5 Å². The zero-order valence-corrected chi connectivity index (χ0v) is 15.1. The minimum Gasteiger partial charge on any atom is -0.505 e. The number of rotatable bonds is 4. The molecule has 1 saturated heterocycles. The second kappa shape index (κ2) is 8.04. The van der Waals surface area contributed by atoms with Crippen LogP contribution in [0, 0.1) is 5.41 Å². The van der Waals surface area contributed by atoms with Crippen LogP contribution in [0.5, 0.6) is 5.75 Å². The first kappa shape index (κ1) is 19.8. The third-order valence-corrected chi connectivity index (χ3v) is 4.60. The van der Waals surface area contributed by atoms with Crippen LogP contribution >= 0.6 is 35.6 Å². The van der Waals surface area contributed by atoms with Crippen LogP contribution in [0.3, 0.4) is 0 Å². The molecule has 0 radical (unpaired) electrons. The van der Waals surface area contributed by atoms with Crippen molar-refractivity contribution in [1.82, 2.24) is 10.2 Å². The van der Waals surface area contributed by atoms with Gasteiger partial charge in [-0.1, -0.05) is 37.0 Å². The van der Waals surface area contributed by atoms with Crippen molar-refractivity contribution >= 4 is 35.6 Å². The SMILES string of the molecule is CC(C)(CO)[C@@H](c1cc(Cl)c(O)c(Cl)c1)N1CCNCC1.Cl. The van der Waals surface area contributed by atoms with Crippen molar-refractivity contribution in [2.45, 2.75) is 19.9 Å². The summed E-state index contributed by atoms with van der Waals surface area (Å²) in [5.41, 5.74) is 0.574. The average Bonchev–Trinajstić information content (AvgIpc) is 2.46. The Morgan fingerprint density at radius 2 is 1.73 bits per heavy atom. The van der Waals surface area contributed by atoms with E-state index in [2.05, 4.69) is 10.2 Å². The predicted molar refractivity (Wildman–Crippen MR) is 93.4 cm³/mol. The molecular weight excluding hydrogens is 347 g/mol. The van der Waals surface area contributed by atoms with Crippen LogP contribution in [0.2, 0.25) is 10.0 Å². The normalized spacial score (nSPS) is 17.9. The molecule has 0 aliphatic carbocycles. The molecule has 22 heavy (non-hydrogen) atoms. The number of nitrogens with zero attached hydrogens (tertiary/aromatic N) is 1. The summed E-state index contributed by atoms with van der Waals surface area (Å²) in [4.78, 5) is 2.33. The molecule has 0 aromatic heterocycles. The molecule has 1 heterocycles. The number of aromatic hydroxyl groups is 1. The molecule has 1 atom stereocenters. The van der Waals surface area contributed by atoms with Crippen molar-refractivity contribution in [1.29, 1.82) is 0 Å². The molecule has 2 rings (SSSR count). The summed E-state index contributed by atoms with van der Waals surface area (Å²) in [5.74, 6) is -0.0945. The molecule has 4 nitrogen and oxygen atoms in total. The smallest absolute Gasteiger partial charge is 0.152 e. The molecule has 7 heteroatoms. The summed E-state index contributed by atoms with van der Waals surface area (Å²) in [5, 5.41) is 23.3. The largest absolute Gasteiger partial charge is 0.505 e. The first-order valence-electron chi connectivity index (χ1n) is 7.10. The Hall–Kier alpha value is -0.230. The third-order valence-electron chi connectivity index (χ3n) is 4.02. The van der Waals surface area contributed by atoms with E-state index in [1.165, 1.54) is 0 Å². The highest BCUT2D eigenvalue weighted by molar-refractivity contribution is 6.37. The molecule has 0 saturated carbocycles. The lowest BCUT2D eigenvalue weighted by molar-refractivity contribution is 0.0305. The van der Waals surface area contributed by atoms with Gasteiger partial charge >= 0.3 is 0 Å². The highest BCUT2D eigenvalue weighted by atomic mass is 35.5. The molecule has 0 amide bonds. The van der Waals surface area contributed by atoms with Crippen LogP contribution in [0.15, 0.2) is 12.1 Å². The number of aliphatic hydroxyl groups is 1. The van der Waals surface area contributed by atoms with E-state index >= 15 is 0 Å². The zero-order chi connectivity index (χ0) is 15.6. The Morgan fingerprint density at radius 1 is 1.23 bits per heavy atom. The fourth-order valence-electron chi connectivity index (χ4n) is 2.93. The minimum absolute atomic E-state index is 0. The van der Waals surface area contributed by atoms with Crippen molar-refractivity contribution in [3.63, 3.8) is 0 Å². The van der Waals surface area contributed by atoms with Gasteiger partial charge in [0.25, 0.3) is 0 Å². The summed E-state index contributed by atoms with van der Waals surface area (Å²) >= 11 is 12.1. The standard InChI is InChI=1S/C15H22Cl2N2O2.ClH/c1-15(2,9-20)14(19-5-3-18-4-6-19)10-7-11(16)13(21)12(17)8-10;/h7-8,14,18,20-21H,3-6,9H2,1-2H3;1H/t14-;/m1./s1. The van der Waals surface area contributed by atoms with E-state index in [4.69, 9.17) is 23.2 Å². The number of phenolic OH excluding ortho intramolecular Hbond substituents is 1. The third kappa shape index (κ3) is 4.19. The number of phenols is 1. The summed E-state index contributed by atoms with van der Waals surface area (Å²) in [6.07, 6.45) is 0. The number of nitrogens with one attached hydrogen (secondary N) is 1. The predicted octanol–water partition coefficient (Wildman–Crippen LogP) is 3.09. The summed E-state index contributed by atoms with van der Waals surface area (Å²) in [7, 11) is 0. The second-order valence-electron chi connectivity index (χ2n) is 6.17. The van der Waals surface area contributed by atoms with Gasteiger partial charge in [-0.3, -0.25) is 4.90 Å². The minimum atomic E-state index is -0.346. The van der Waals surface area contributed by atoms with Crippen LogP contribution in [-0.2, 0) is 0 Å². The van der Waals surface area contributed by atoms with E-state index in [1.807, 2.05) is 13.8 Å². The molecule has 1 aromatic rings. The molecule has 1 aliphatic rings. The first-order valence-corrected chi connectivity index (χ1v) is 7.86. The number of piperazine rings is 1. The van der Waals surface area contributed by atoms with Gasteiger partial charge in [0.15, 0.2) is 5.75 Å². The molecule has 0 spiro atoms. The van der Waals surface area contributed by atoms with E-state index in [-0.39, 0.29) is 46.3 Å². The van der Waals surface area contributed by atoms with E-state index in [1.54, 1.807) is 12.1 Å². The maximum Gasteiger partial charge on any atom is 0.152 e. The number of benzene rings is 1. The van der Waals surface area contributed by atoms with Gasteiger partial charge in [0.2, 0.25) is 0 Å². The summed E-state index contributed by atoms with van der Waals surface area (Å²) < 4.78 is 0. The Labute approximate surface area is 147 Å². The lowest BCUT2D eigenvalue weighted by Crippen LogP contribution is -2.49. The van der Waals surface area contributed by atoms with Gasteiger partial charge in [-0.15, -0.1) is 12.4 Å². The molecule has 126 valence electrons. The van der Waals surface area contributed by atoms with Gasteiger partial charge in [-0.2, -0.15) is 0 Å². The fraction of sp³-hybridized carbons (Fsp3) is 0.600. The van der Waals surface area contributed by atoms with Gasteiger partial charge in [0, 0.05) is 44.2 Å². The fourth-order valence-corrected chi connectivity index (χ4v) is 3.43. The first-order chi connectivity index (χ1) is 9.86. The molecule has 1 aliphatic heterocycles. The quantitative estimate of drug-likeness (QED) is 0.763. The zero-order valence-electron chi connectivity index (χ0n) is 12.8. The van der Waals surface area contributed by atoms with E-state index < -0.39 is 0 Å². The van der Waals surface area contributed by atoms with Gasteiger partial charge in [0.1, 0.15) is 0 Å². The Morgan fingerprint density at radius 3 is 2.18 bits per heavy atom. The van der Waals surface area contributed by atoms with Crippen molar-refractivity contribution in [2.24, 2.45) is 5.41 Å². The van der Waals surface area contributed by atoms with E-state index in [0.717, 1.165) is 31.7 Å². The molecule has 1 fully saturated rings. The summed E-state index contributed by atoms with van der Waals surface area (Å²) in [6.45, 7) is 7.71. The Balaban J connectivity index is 0.00000242. The van der Waals surface area contributed by atoms with Crippen LogP contribution in [0.1, 0.15) is 25.5 Å². The monoisotopic (exact) mass is 368 g/mol. The summed E-state index contributed by atoms with van der Waals surface area (Å²) in [6, 6.07) is 3.47. The number of hydrogen-bond acceptors (Lipinski definition) is 4. The van der Waals surface area contributed by atoms with Crippen molar-refractivity contribution in [2.75, 3.05) is 32.8 Å². The maximum absolute atomic E-state index is 9.79. The molecule has 0 unspecified atom stereocenters. The topological polar surface area (TPSA) is 55.7 Å². The van der Waals surface area contributed by atoms with Gasteiger partial charge in [-0.25, -0.2) is 0 Å². The van der Waals surface area contributed by atoms with Crippen molar-refractivity contribution in [3.8, 4) is 5.75 Å².